The fourth-order valence-electron chi connectivity index (χ4n) is 3.00. The largest absolute Gasteiger partial charge is 0.393 e. The van der Waals surface area contributed by atoms with Gasteiger partial charge in [0.2, 0.25) is 0 Å². The molecule has 3 nitrogen and oxygen atoms in total. The minimum absolute atomic E-state index is 0.00669. The Balaban J connectivity index is 2.43. The summed E-state index contributed by atoms with van der Waals surface area (Å²) in [4.78, 5) is 0. The van der Waals surface area contributed by atoms with Gasteiger partial charge >= 0.3 is 0 Å². The van der Waals surface area contributed by atoms with Crippen molar-refractivity contribution in [2.75, 3.05) is 13.2 Å². The van der Waals surface area contributed by atoms with E-state index in [-0.39, 0.29) is 12.0 Å². The number of hydrogen-bond donors (Lipinski definition) is 3. The highest BCUT2D eigenvalue weighted by atomic mass is 16.3. The van der Waals surface area contributed by atoms with Crippen LogP contribution in [-0.4, -0.2) is 23.4 Å². The smallest absolute Gasteiger partial charge is 0.102 e. The monoisotopic (exact) mass is 235 g/mol. The third-order valence-corrected chi connectivity index (χ3v) is 4.02. The summed E-state index contributed by atoms with van der Waals surface area (Å²) in [5.41, 5.74) is 7.94. The number of hydrogen-bond acceptors (Lipinski definition) is 3. The second-order valence-electron chi connectivity index (χ2n) is 4.98. The van der Waals surface area contributed by atoms with E-state index < -0.39 is 6.10 Å². The lowest BCUT2D eigenvalue weighted by molar-refractivity contribution is 0.0938. The lowest BCUT2D eigenvalue weighted by Crippen LogP contribution is -2.33. The first-order chi connectivity index (χ1) is 8.23. The molecule has 17 heavy (non-hydrogen) atoms. The summed E-state index contributed by atoms with van der Waals surface area (Å²) >= 11 is 0. The number of nitrogens with two attached hydrogens (primary N) is 1. The Labute approximate surface area is 102 Å². The first-order valence-corrected chi connectivity index (χ1v) is 6.32. The van der Waals surface area contributed by atoms with E-state index in [1.54, 1.807) is 0 Å². The second-order valence-corrected chi connectivity index (χ2v) is 4.98. The van der Waals surface area contributed by atoms with Crippen molar-refractivity contribution >= 4 is 0 Å². The zero-order valence-corrected chi connectivity index (χ0v) is 10.1. The molecule has 1 aromatic carbocycles. The Morgan fingerprint density at radius 2 is 1.88 bits per heavy atom. The highest BCUT2D eigenvalue weighted by Crippen LogP contribution is 2.42. The lowest BCUT2D eigenvalue weighted by Gasteiger charge is -2.31. The van der Waals surface area contributed by atoms with Gasteiger partial charge in [-0.3, -0.25) is 0 Å². The third kappa shape index (κ3) is 2.23. The molecule has 0 aliphatic heterocycles. The van der Waals surface area contributed by atoms with Crippen molar-refractivity contribution < 1.29 is 10.2 Å². The molecule has 2 rings (SSSR count). The number of aliphatic hydroxyl groups excluding tert-OH is 2. The van der Waals surface area contributed by atoms with Crippen LogP contribution in [0.15, 0.2) is 24.3 Å². The van der Waals surface area contributed by atoms with E-state index in [1.807, 2.05) is 24.3 Å². The van der Waals surface area contributed by atoms with E-state index >= 15 is 0 Å². The molecular weight excluding hydrogens is 214 g/mol. The van der Waals surface area contributed by atoms with Gasteiger partial charge in [0, 0.05) is 12.0 Å². The summed E-state index contributed by atoms with van der Waals surface area (Å²) < 4.78 is 0. The number of benzene rings is 1. The van der Waals surface area contributed by atoms with Crippen LogP contribution in [0.2, 0.25) is 0 Å². The van der Waals surface area contributed by atoms with Gasteiger partial charge in [-0.25, -0.2) is 0 Å². The fourth-order valence-corrected chi connectivity index (χ4v) is 3.00. The van der Waals surface area contributed by atoms with Crippen LogP contribution < -0.4 is 5.73 Å². The molecule has 0 aromatic heterocycles. The molecule has 1 aliphatic rings. The molecule has 0 bridgehead atoms. The Bertz CT molecular complexity index is 372. The quantitative estimate of drug-likeness (QED) is 0.740. The maximum Gasteiger partial charge on any atom is 0.102 e. The first-order valence-electron chi connectivity index (χ1n) is 6.32. The Hall–Kier alpha value is -0.900. The summed E-state index contributed by atoms with van der Waals surface area (Å²) in [6.45, 7) is 0.375. The van der Waals surface area contributed by atoms with Gasteiger partial charge in [-0.2, -0.15) is 0 Å². The predicted octanol–water partition coefficient (Wildman–Crippen LogP) is 1.48. The molecule has 0 amide bonds. The summed E-state index contributed by atoms with van der Waals surface area (Å²) in [6.07, 6.45) is 3.76. The summed E-state index contributed by atoms with van der Waals surface area (Å²) in [7, 11) is 0. The molecule has 0 saturated heterocycles. The van der Waals surface area contributed by atoms with Crippen LogP contribution in [0.3, 0.4) is 0 Å². The van der Waals surface area contributed by atoms with Crippen molar-refractivity contribution in [1.29, 1.82) is 0 Å². The highest BCUT2D eigenvalue weighted by Gasteiger charge is 2.36. The first kappa shape index (κ1) is 12.6. The Morgan fingerprint density at radius 3 is 2.47 bits per heavy atom. The minimum Gasteiger partial charge on any atom is -0.393 e. The van der Waals surface area contributed by atoms with E-state index in [0.29, 0.717) is 6.54 Å². The van der Waals surface area contributed by atoms with Crippen molar-refractivity contribution in [3.05, 3.63) is 35.4 Å². The summed E-state index contributed by atoms with van der Waals surface area (Å²) in [5, 5.41) is 19.0. The fraction of sp³-hybridized carbons (Fsp3) is 0.571. The van der Waals surface area contributed by atoms with Crippen molar-refractivity contribution in [2.24, 2.45) is 5.73 Å². The molecule has 0 radical (unpaired) electrons. The van der Waals surface area contributed by atoms with E-state index in [0.717, 1.165) is 24.0 Å². The van der Waals surface area contributed by atoms with Crippen LogP contribution in [0, 0.1) is 0 Å². The zero-order valence-electron chi connectivity index (χ0n) is 10.1. The molecule has 94 valence electrons. The Kier molecular flexibility index (Phi) is 3.82. The molecule has 3 heteroatoms. The van der Waals surface area contributed by atoms with Gasteiger partial charge in [0.05, 0.1) is 6.61 Å². The van der Waals surface area contributed by atoms with Crippen LogP contribution in [0.4, 0.5) is 0 Å². The second kappa shape index (κ2) is 5.17. The molecule has 1 aromatic rings. The van der Waals surface area contributed by atoms with Crippen molar-refractivity contribution in [1.82, 2.24) is 0 Å². The van der Waals surface area contributed by atoms with Crippen LogP contribution in [0.25, 0.3) is 0 Å². The van der Waals surface area contributed by atoms with Crippen molar-refractivity contribution in [2.45, 2.75) is 37.2 Å². The van der Waals surface area contributed by atoms with Gasteiger partial charge in [0.1, 0.15) is 6.10 Å². The molecule has 1 unspecified atom stereocenters. The van der Waals surface area contributed by atoms with Gasteiger partial charge < -0.3 is 15.9 Å². The van der Waals surface area contributed by atoms with Crippen molar-refractivity contribution in [3.8, 4) is 0 Å². The standard InChI is InChI=1S/C14H21NO2/c15-10-14(7-3-4-8-14)12-6-2-1-5-11(12)13(17)9-16/h1-2,5-6,13,16-17H,3-4,7-10,15H2. The van der Waals surface area contributed by atoms with E-state index in [2.05, 4.69) is 0 Å². The average molecular weight is 235 g/mol. The zero-order chi connectivity index (χ0) is 12.3. The number of aliphatic hydroxyl groups is 2. The van der Waals surface area contributed by atoms with Gasteiger partial charge in [-0.15, -0.1) is 0 Å². The van der Waals surface area contributed by atoms with Crippen LogP contribution in [0.5, 0.6) is 0 Å². The van der Waals surface area contributed by atoms with E-state index in [1.165, 1.54) is 12.8 Å². The van der Waals surface area contributed by atoms with Crippen LogP contribution in [-0.2, 0) is 5.41 Å². The molecule has 0 spiro atoms. The normalized spacial score (nSPS) is 20.4. The van der Waals surface area contributed by atoms with Gasteiger partial charge in [-0.05, 0) is 24.0 Å². The number of rotatable bonds is 4. The van der Waals surface area contributed by atoms with Gasteiger partial charge in [0.15, 0.2) is 0 Å². The molecular formula is C14H21NO2. The summed E-state index contributed by atoms with van der Waals surface area (Å²) in [6, 6.07) is 7.83. The van der Waals surface area contributed by atoms with Crippen LogP contribution in [0.1, 0.15) is 42.9 Å². The van der Waals surface area contributed by atoms with E-state index in [4.69, 9.17) is 10.8 Å². The third-order valence-electron chi connectivity index (χ3n) is 4.02. The lowest BCUT2D eigenvalue weighted by atomic mass is 9.76. The maximum absolute atomic E-state index is 9.89. The minimum atomic E-state index is -0.796. The Morgan fingerprint density at radius 1 is 1.24 bits per heavy atom. The topological polar surface area (TPSA) is 66.5 Å². The molecule has 1 fully saturated rings. The van der Waals surface area contributed by atoms with Gasteiger partial charge in [-0.1, -0.05) is 37.1 Å². The predicted molar refractivity (Wildman–Crippen MR) is 67.7 cm³/mol. The van der Waals surface area contributed by atoms with Crippen molar-refractivity contribution in [3.63, 3.8) is 0 Å². The summed E-state index contributed by atoms with van der Waals surface area (Å²) in [5.74, 6) is 0. The SMILES string of the molecule is NCC1(c2ccccc2C(O)CO)CCCC1. The van der Waals surface area contributed by atoms with E-state index in [9.17, 15) is 5.11 Å². The average Bonchev–Trinajstić information content (AvgIpc) is 2.88. The molecule has 0 heterocycles. The maximum atomic E-state index is 9.89. The molecule has 1 aliphatic carbocycles. The van der Waals surface area contributed by atoms with Gasteiger partial charge in [0.25, 0.3) is 0 Å². The molecule has 1 saturated carbocycles. The molecule has 1 atom stereocenters. The molecule has 4 N–H and O–H groups in total. The van der Waals surface area contributed by atoms with Crippen LogP contribution >= 0.6 is 0 Å². The highest BCUT2D eigenvalue weighted by molar-refractivity contribution is 5.37.